The molecule has 2 aromatic rings. The fourth-order valence-corrected chi connectivity index (χ4v) is 1.95. The van der Waals surface area contributed by atoms with Crippen molar-refractivity contribution in [1.29, 1.82) is 0 Å². The monoisotopic (exact) mass is 316 g/mol. The number of halogens is 1. The van der Waals surface area contributed by atoms with Crippen LogP contribution in [-0.4, -0.2) is 22.4 Å². The van der Waals surface area contributed by atoms with Crippen LogP contribution in [0.3, 0.4) is 0 Å². The summed E-state index contributed by atoms with van der Waals surface area (Å²) >= 11 is 5.85. The van der Waals surface area contributed by atoms with Gasteiger partial charge in [0.2, 0.25) is 0 Å². The van der Waals surface area contributed by atoms with Crippen molar-refractivity contribution in [2.75, 3.05) is 11.9 Å². The molecule has 6 heteroatoms. The Balaban J connectivity index is 2.07. The van der Waals surface area contributed by atoms with E-state index >= 15 is 0 Å². The molecule has 2 N–H and O–H groups in total. The van der Waals surface area contributed by atoms with Crippen LogP contribution in [0.4, 0.5) is 5.82 Å². The van der Waals surface area contributed by atoms with Gasteiger partial charge in [0.25, 0.3) is 5.91 Å². The van der Waals surface area contributed by atoms with E-state index in [1.165, 1.54) is 0 Å². The average Bonchev–Trinajstić information content (AvgIpc) is 2.51. The Morgan fingerprint density at radius 2 is 2.05 bits per heavy atom. The molecular weight excluding hydrogens is 300 g/mol. The minimum absolute atomic E-state index is 0.250. The maximum absolute atomic E-state index is 11.9. The van der Waals surface area contributed by atoms with Crippen LogP contribution in [-0.2, 0) is 6.54 Å². The number of anilines is 1. The summed E-state index contributed by atoms with van der Waals surface area (Å²) in [4.78, 5) is 20.3. The van der Waals surface area contributed by atoms with E-state index in [1.54, 1.807) is 19.1 Å². The van der Waals surface area contributed by atoms with Crippen molar-refractivity contribution in [3.05, 3.63) is 65.1 Å². The summed E-state index contributed by atoms with van der Waals surface area (Å²) in [6.07, 6.45) is 1.62. The first-order valence-electron chi connectivity index (χ1n) is 6.81. The van der Waals surface area contributed by atoms with E-state index in [2.05, 4.69) is 27.2 Å². The highest BCUT2D eigenvalue weighted by atomic mass is 35.5. The molecule has 2 rings (SSSR count). The van der Waals surface area contributed by atoms with Gasteiger partial charge in [0.15, 0.2) is 0 Å². The zero-order chi connectivity index (χ0) is 15.9. The smallest absolute Gasteiger partial charge is 0.270 e. The molecule has 0 bridgehead atoms. The molecule has 1 heterocycles. The number of benzene rings is 1. The molecule has 1 amide bonds. The number of amides is 1. The van der Waals surface area contributed by atoms with Gasteiger partial charge in [-0.3, -0.25) is 4.79 Å². The van der Waals surface area contributed by atoms with Gasteiger partial charge in [-0.15, -0.1) is 6.58 Å². The van der Waals surface area contributed by atoms with Crippen LogP contribution >= 0.6 is 11.6 Å². The lowest BCUT2D eigenvalue weighted by Gasteiger charge is -2.09. The van der Waals surface area contributed by atoms with Gasteiger partial charge in [-0.05, 0) is 24.6 Å². The van der Waals surface area contributed by atoms with Gasteiger partial charge in [-0.25, -0.2) is 9.97 Å². The highest BCUT2D eigenvalue weighted by Gasteiger charge is 2.09. The molecule has 0 saturated heterocycles. The predicted octanol–water partition coefficient (Wildman–Crippen LogP) is 2.97. The van der Waals surface area contributed by atoms with Gasteiger partial charge in [-0.2, -0.15) is 0 Å². The van der Waals surface area contributed by atoms with Crippen molar-refractivity contribution < 1.29 is 4.79 Å². The summed E-state index contributed by atoms with van der Waals surface area (Å²) in [5.74, 6) is 0.885. The molecule has 0 spiro atoms. The van der Waals surface area contributed by atoms with Crippen molar-refractivity contribution in [3.63, 3.8) is 0 Å². The van der Waals surface area contributed by atoms with Gasteiger partial charge in [-0.1, -0.05) is 29.8 Å². The first kappa shape index (κ1) is 16.0. The lowest BCUT2D eigenvalue weighted by Crippen LogP contribution is -2.24. The standard InChI is InChI=1S/C16H17ClN4O/c1-3-8-18-16(22)14-9-15(21-11(2)20-14)19-10-12-4-6-13(17)7-5-12/h3-7,9H,1,8,10H2,2H3,(H,18,22)(H,19,20,21). The quantitative estimate of drug-likeness (QED) is 0.804. The Morgan fingerprint density at radius 3 is 2.73 bits per heavy atom. The maximum Gasteiger partial charge on any atom is 0.270 e. The van der Waals surface area contributed by atoms with Crippen LogP contribution in [0.25, 0.3) is 0 Å². The molecule has 0 saturated carbocycles. The number of rotatable bonds is 6. The third-order valence-electron chi connectivity index (χ3n) is 2.86. The summed E-state index contributed by atoms with van der Waals surface area (Å²) in [5, 5.41) is 6.57. The molecule has 0 atom stereocenters. The van der Waals surface area contributed by atoms with E-state index in [-0.39, 0.29) is 5.91 Å². The Hall–Kier alpha value is -2.40. The number of nitrogens with one attached hydrogen (secondary N) is 2. The van der Waals surface area contributed by atoms with E-state index in [4.69, 9.17) is 11.6 Å². The summed E-state index contributed by atoms with van der Waals surface area (Å²) in [6.45, 7) is 6.29. The lowest BCUT2D eigenvalue weighted by atomic mass is 10.2. The van der Waals surface area contributed by atoms with E-state index in [0.29, 0.717) is 35.4 Å². The molecule has 0 unspecified atom stereocenters. The highest BCUT2D eigenvalue weighted by molar-refractivity contribution is 6.30. The number of hydrogen-bond acceptors (Lipinski definition) is 4. The Labute approximate surface area is 134 Å². The number of aryl methyl sites for hydroxylation is 1. The topological polar surface area (TPSA) is 66.9 Å². The minimum Gasteiger partial charge on any atom is -0.366 e. The number of carbonyl (C=O) groups excluding carboxylic acids is 1. The van der Waals surface area contributed by atoms with Gasteiger partial charge in [0.1, 0.15) is 17.3 Å². The van der Waals surface area contributed by atoms with Crippen LogP contribution in [0.15, 0.2) is 43.0 Å². The average molecular weight is 317 g/mol. The van der Waals surface area contributed by atoms with Crippen LogP contribution in [0, 0.1) is 6.92 Å². The van der Waals surface area contributed by atoms with E-state index in [0.717, 1.165) is 5.56 Å². The normalized spacial score (nSPS) is 10.1. The molecule has 114 valence electrons. The minimum atomic E-state index is -0.250. The zero-order valence-electron chi connectivity index (χ0n) is 12.3. The molecule has 0 fully saturated rings. The van der Waals surface area contributed by atoms with E-state index in [9.17, 15) is 4.79 Å². The number of nitrogens with zero attached hydrogens (tertiary/aromatic N) is 2. The second-order valence-corrected chi connectivity index (χ2v) is 5.10. The molecule has 1 aromatic heterocycles. The Morgan fingerprint density at radius 1 is 1.32 bits per heavy atom. The summed E-state index contributed by atoms with van der Waals surface area (Å²) < 4.78 is 0. The van der Waals surface area contributed by atoms with Crippen molar-refractivity contribution in [2.45, 2.75) is 13.5 Å². The molecule has 0 aliphatic carbocycles. The third kappa shape index (κ3) is 4.56. The molecule has 0 radical (unpaired) electrons. The van der Waals surface area contributed by atoms with Gasteiger partial charge in [0.05, 0.1) is 0 Å². The molecule has 0 aliphatic heterocycles. The first-order chi connectivity index (χ1) is 10.6. The summed E-state index contributed by atoms with van der Waals surface area (Å²) in [5.41, 5.74) is 1.39. The predicted molar refractivity (Wildman–Crippen MR) is 88.1 cm³/mol. The van der Waals surface area contributed by atoms with E-state index in [1.807, 2.05) is 24.3 Å². The van der Waals surface area contributed by atoms with E-state index < -0.39 is 0 Å². The van der Waals surface area contributed by atoms with Crippen LogP contribution in [0.1, 0.15) is 21.9 Å². The summed E-state index contributed by atoms with van der Waals surface area (Å²) in [7, 11) is 0. The molecule has 22 heavy (non-hydrogen) atoms. The van der Waals surface area contributed by atoms with Gasteiger partial charge in [0, 0.05) is 24.2 Å². The highest BCUT2D eigenvalue weighted by Crippen LogP contribution is 2.12. The SMILES string of the molecule is C=CCNC(=O)c1cc(NCc2ccc(Cl)cc2)nc(C)n1. The zero-order valence-corrected chi connectivity index (χ0v) is 13.0. The molecule has 5 nitrogen and oxygen atoms in total. The van der Waals surface area contributed by atoms with Crippen LogP contribution < -0.4 is 10.6 Å². The number of carbonyl (C=O) groups is 1. The molecule has 1 aromatic carbocycles. The number of hydrogen-bond donors (Lipinski definition) is 2. The van der Waals surface area contributed by atoms with Crippen molar-refractivity contribution in [1.82, 2.24) is 15.3 Å². The lowest BCUT2D eigenvalue weighted by molar-refractivity contribution is 0.0952. The van der Waals surface area contributed by atoms with Crippen molar-refractivity contribution in [3.8, 4) is 0 Å². The van der Waals surface area contributed by atoms with Gasteiger partial charge < -0.3 is 10.6 Å². The van der Waals surface area contributed by atoms with Crippen molar-refractivity contribution >= 4 is 23.3 Å². The number of aromatic nitrogens is 2. The molecular formula is C16H17ClN4O. The van der Waals surface area contributed by atoms with Crippen LogP contribution in [0.2, 0.25) is 5.02 Å². The van der Waals surface area contributed by atoms with Gasteiger partial charge >= 0.3 is 0 Å². The maximum atomic E-state index is 11.9. The Bertz CT molecular complexity index is 670. The van der Waals surface area contributed by atoms with Crippen molar-refractivity contribution in [2.24, 2.45) is 0 Å². The second-order valence-electron chi connectivity index (χ2n) is 4.66. The van der Waals surface area contributed by atoms with Crippen LogP contribution in [0.5, 0.6) is 0 Å². The Kier molecular flexibility index (Phi) is 5.49. The fraction of sp³-hybridized carbons (Fsp3) is 0.188. The fourth-order valence-electron chi connectivity index (χ4n) is 1.82. The second kappa shape index (κ2) is 7.56. The largest absolute Gasteiger partial charge is 0.366 e. The molecule has 0 aliphatic rings. The summed E-state index contributed by atoms with van der Waals surface area (Å²) in [6, 6.07) is 9.15. The first-order valence-corrected chi connectivity index (χ1v) is 7.19. The third-order valence-corrected chi connectivity index (χ3v) is 3.12.